The molecule has 4 nitrogen and oxygen atoms in total. The largest absolute Gasteiger partial charge is 0.404 e. The molecule has 0 heterocycles. The van der Waals surface area contributed by atoms with Gasteiger partial charge in [-0.1, -0.05) is 0 Å². The molecule has 0 radical (unpaired) electrons. The summed E-state index contributed by atoms with van der Waals surface area (Å²) in [5, 5.41) is 0. The Morgan fingerprint density at radius 3 is 2.20 bits per heavy atom. The molecule has 4 N–H and O–H groups in total. The van der Waals surface area contributed by atoms with Gasteiger partial charge in [0.05, 0.1) is 5.57 Å². The highest BCUT2D eigenvalue weighted by Crippen LogP contribution is 1.93. The summed E-state index contributed by atoms with van der Waals surface area (Å²) in [7, 11) is 1.57. The fourth-order valence-electron chi connectivity index (χ4n) is 0.501. The summed E-state index contributed by atoms with van der Waals surface area (Å²) in [6, 6.07) is 0. The van der Waals surface area contributed by atoms with E-state index in [9.17, 15) is 4.79 Å². The van der Waals surface area contributed by atoms with Crippen LogP contribution < -0.4 is 11.5 Å². The van der Waals surface area contributed by atoms with Crippen LogP contribution in [0, 0.1) is 0 Å². The normalized spacial score (nSPS) is 13.4. The third kappa shape index (κ3) is 1.89. The van der Waals surface area contributed by atoms with Gasteiger partial charge >= 0.3 is 0 Å². The van der Waals surface area contributed by atoms with Crippen molar-refractivity contribution < 1.29 is 4.79 Å². The maximum atomic E-state index is 10.5. The molecule has 10 heavy (non-hydrogen) atoms. The molecule has 0 aromatic rings. The van der Waals surface area contributed by atoms with E-state index in [0.717, 1.165) is 6.20 Å². The lowest BCUT2D eigenvalue weighted by atomic mass is 10.2. The summed E-state index contributed by atoms with van der Waals surface area (Å²) in [5.41, 5.74) is 10.9. The lowest BCUT2D eigenvalue weighted by molar-refractivity contribution is -0.114. The highest BCUT2D eigenvalue weighted by Gasteiger charge is 2.05. The summed E-state index contributed by atoms with van der Waals surface area (Å²) >= 11 is 0. The summed E-state index contributed by atoms with van der Waals surface area (Å²) in [6.45, 7) is 1.67. The van der Waals surface area contributed by atoms with Crippen LogP contribution in [0.2, 0.25) is 0 Å². The van der Waals surface area contributed by atoms with Crippen LogP contribution in [0.1, 0.15) is 6.92 Å². The second kappa shape index (κ2) is 3.66. The smallest absolute Gasteiger partial charge is 0.251 e. The van der Waals surface area contributed by atoms with Gasteiger partial charge in [-0.05, 0) is 6.92 Å². The average Bonchev–Trinajstić information content (AvgIpc) is 1.88. The minimum atomic E-state index is -0.550. The predicted octanol–water partition coefficient (Wildman–Crippen LogP) is -0.595. The molecule has 4 heteroatoms. The van der Waals surface area contributed by atoms with Crippen LogP contribution in [0.3, 0.4) is 0 Å². The van der Waals surface area contributed by atoms with Crippen molar-refractivity contribution >= 4 is 11.6 Å². The minimum Gasteiger partial charge on any atom is -0.404 e. The van der Waals surface area contributed by atoms with Crippen LogP contribution in [0.25, 0.3) is 0 Å². The molecule has 1 amide bonds. The molecule has 0 aromatic heterocycles. The van der Waals surface area contributed by atoms with Crippen molar-refractivity contribution in [2.75, 3.05) is 7.05 Å². The summed E-state index contributed by atoms with van der Waals surface area (Å²) in [5.74, 6) is -0.550. The number of carbonyl (C=O) groups is 1. The third-order valence-electron chi connectivity index (χ3n) is 1.16. The number of hydrogen-bond donors (Lipinski definition) is 2. The van der Waals surface area contributed by atoms with Gasteiger partial charge in [-0.3, -0.25) is 9.79 Å². The van der Waals surface area contributed by atoms with E-state index < -0.39 is 5.91 Å². The molecular weight excluding hydrogens is 130 g/mol. The lowest BCUT2D eigenvalue weighted by Gasteiger charge is -1.97. The Hall–Kier alpha value is -1.32. The molecule has 0 unspecified atom stereocenters. The number of primary amides is 1. The Morgan fingerprint density at radius 1 is 1.60 bits per heavy atom. The van der Waals surface area contributed by atoms with Gasteiger partial charge < -0.3 is 11.5 Å². The molecule has 0 atom stereocenters. The Balaban J connectivity index is 4.56. The predicted molar refractivity (Wildman–Crippen MR) is 40.5 cm³/mol. The van der Waals surface area contributed by atoms with E-state index >= 15 is 0 Å². The summed E-state index contributed by atoms with van der Waals surface area (Å²) in [4.78, 5) is 14.3. The van der Waals surface area contributed by atoms with Crippen LogP contribution in [0.15, 0.2) is 16.8 Å². The maximum absolute atomic E-state index is 10.5. The number of nitrogens with zero attached hydrogens (tertiary/aromatic N) is 1. The maximum Gasteiger partial charge on any atom is 0.251 e. The Kier molecular flexibility index (Phi) is 3.17. The zero-order chi connectivity index (χ0) is 8.15. The van der Waals surface area contributed by atoms with Gasteiger partial charge in [0.2, 0.25) is 0 Å². The van der Waals surface area contributed by atoms with E-state index in [2.05, 4.69) is 4.99 Å². The van der Waals surface area contributed by atoms with Crippen LogP contribution in [-0.2, 0) is 4.79 Å². The third-order valence-corrected chi connectivity index (χ3v) is 1.16. The molecule has 0 aliphatic rings. The number of nitrogens with two attached hydrogens (primary N) is 2. The van der Waals surface area contributed by atoms with Gasteiger partial charge in [0, 0.05) is 19.0 Å². The molecule has 0 saturated heterocycles. The average molecular weight is 141 g/mol. The first-order chi connectivity index (χ1) is 4.63. The van der Waals surface area contributed by atoms with Crippen LogP contribution in [0.5, 0.6) is 0 Å². The lowest BCUT2D eigenvalue weighted by Crippen LogP contribution is -2.20. The molecule has 0 aromatic carbocycles. The van der Waals surface area contributed by atoms with E-state index in [0.29, 0.717) is 5.71 Å². The molecule has 0 saturated carbocycles. The Morgan fingerprint density at radius 2 is 2.10 bits per heavy atom. The highest BCUT2D eigenvalue weighted by molar-refractivity contribution is 6.20. The molecule has 0 spiro atoms. The van der Waals surface area contributed by atoms with Crippen molar-refractivity contribution in [1.29, 1.82) is 0 Å². The number of amides is 1. The summed E-state index contributed by atoms with van der Waals surface area (Å²) in [6.07, 6.45) is 1.16. The van der Waals surface area contributed by atoms with Crippen LogP contribution >= 0.6 is 0 Å². The van der Waals surface area contributed by atoms with Gasteiger partial charge in [-0.2, -0.15) is 0 Å². The first-order valence-corrected chi connectivity index (χ1v) is 2.79. The topological polar surface area (TPSA) is 81.5 Å². The molecule has 56 valence electrons. The number of carbonyl (C=O) groups excluding carboxylic acids is 1. The van der Waals surface area contributed by atoms with E-state index in [4.69, 9.17) is 11.5 Å². The van der Waals surface area contributed by atoms with E-state index in [-0.39, 0.29) is 5.57 Å². The second-order valence-electron chi connectivity index (χ2n) is 1.75. The van der Waals surface area contributed by atoms with Gasteiger partial charge in [0.1, 0.15) is 0 Å². The second-order valence-corrected chi connectivity index (χ2v) is 1.75. The van der Waals surface area contributed by atoms with Gasteiger partial charge in [-0.25, -0.2) is 0 Å². The number of hydrogen-bond acceptors (Lipinski definition) is 3. The Bertz CT molecular complexity index is 193. The minimum absolute atomic E-state index is 0.266. The van der Waals surface area contributed by atoms with E-state index in [1.807, 2.05) is 0 Å². The molecule has 0 aliphatic heterocycles. The molecule has 0 rings (SSSR count). The zero-order valence-electron chi connectivity index (χ0n) is 6.09. The van der Waals surface area contributed by atoms with Crippen molar-refractivity contribution in [2.24, 2.45) is 16.5 Å². The molecule has 0 fully saturated rings. The fraction of sp³-hybridized carbons (Fsp3) is 0.333. The van der Waals surface area contributed by atoms with Crippen molar-refractivity contribution in [3.63, 3.8) is 0 Å². The molecular formula is C6H11N3O. The molecule has 0 aliphatic carbocycles. The number of rotatable bonds is 2. The van der Waals surface area contributed by atoms with Crippen LogP contribution in [-0.4, -0.2) is 18.7 Å². The van der Waals surface area contributed by atoms with Crippen molar-refractivity contribution in [2.45, 2.75) is 6.92 Å². The monoisotopic (exact) mass is 141 g/mol. The fourth-order valence-corrected chi connectivity index (χ4v) is 0.501. The first-order valence-electron chi connectivity index (χ1n) is 2.79. The highest BCUT2D eigenvalue weighted by atomic mass is 16.1. The first kappa shape index (κ1) is 8.68. The van der Waals surface area contributed by atoms with Gasteiger partial charge in [0.15, 0.2) is 0 Å². The zero-order valence-corrected chi connectivity index (χ0v) is 6.09. The van der Waals surface area contributed by atoms with E-state index in [1.165, 1.54) is 0 Å². The number of aliphatic imine (C=N–C) groups is 1. The van der Waals surface area contributed by atoms with Crippen LogP contribution in [0.4, 0.5) is 0 Å². The van der Waals surface area contributed by atoms with Crippen molar-refractivity contribution in [3.8, 4) is 0 Å². The van der Waals surface area contributed by atoms with Gasteiger partial charge in [-0.15, -0.1) is 0 Å². The molecule has 0 bridgehead atoms. The SMILES string of the molecule is CN=C(C)/C(=C\N)C(N)=O. The van der Waals surface area contributed by atoms with E-state index in [1.54, 1.807) is 14.0 Å². The van der Waals surface area contributed by atoms with Crippen molar-refractivity contribution in [3.05, 3.63) is 11.8 Å². The Labute approximate surface area is 59.6 Å². The van der Waals surface area contributed by atoms with Gasteiger partial charge in [0.25, 0.3) is 5.91 Å². The standard InChI is InChI=1S/C6H11N3O/c1-4(9-2)5(3-7)6(8)10/h3H,7H2,1-2H3,(H2,8,10)/b5-3+,9-4?. The summed E-state index contributed by atoms with van der Waals surface area (Å²) < 4.78 is 0. The van der Waals surface area contributed by atoms with Crippen molar-refractivity contribution in [1.82, 2.24) is 0 Å². The quantitative estimate of drug-likeness (QED) is 0.398.